The number of hydrogen-bond acceptors (Lipinski definition) is 4. The average molecular weight is 266 g/mol. The summed E-state index contributed by atoms with van der Waals surface area (Å²) >= 11 is 0. The highest BCUT2D eigenvalue weighted by Crippen LogP contribution is 2.29. The third-order valence-electron chi connectivity index (χ3n) is 2.60. The van der Waals surface area contributed by atoms with Crippen molar-refractivity contribution in [1.29, 1.82) is 0 Å². The monoisotopic (exact) mass is 266 g/mol. The molecule has 0 saturated heterocycles. The second-order valence-corrected chi connectivity index (χ2v) is 4.90. The van der Waals surface area contributed by atoms with Gasteiger partial charge in [-0.25, -0.2) is 0 Å². The quantitative estimate of drug-likeness (QED) is 0.532. The van der Waals surface area contributed by atoms with Gasteiger partial charge in [-0.05, 0) is 31.4 Å². The maximum absolute atomic E-state index is 6.03. The lowest BCUT2D eigenvalue weighted by atomic mass is 10.2. The number of nitrogens with two attached hydrogens (primary N) is 1. The van der Waals surface area contributed by atoms with Crippen LogP contribution in [0.4, 0.5) is 11.4 Å². The van der Waals surface area contributed by atoms with E-state index >= 15 is 0 Å². The van der Waals surface area contributed by atoms with Crippen molar-refractivity contribution in [3.05, 3.63) is 18.2 Å². The van der Waals surface area contributed by atoms with Crippen molar-refractivity contribution in [3.8, 4) is 5.75 Å². The van der Waals surface area contributed by atoms with E-state index in [2.05, 4.69) is 19.2 Å². The lowest BCUT2D eigenvalue weighted by Gasteiger charge is -2.13. The van der Waals surface area contributed by atoms with E-state index in [1.165, 1.54) is 0 Å². The first-order chi connectivity index (χ1) is 9.15. The number of rotatable bonds is 9. The Labute approximate surface area is 116 Å². The Morgan fingerprint density at radius 1 is 1.32 bits per heavy atom. The number of anilines is 2. The number of nitrogens with one attached hydrogen (secondary N) is 1. The highest BCUT2D eigenvalue weighted by atomic mass is 16.5. The van der Waals surface area contributed by atoms with Gasteiger partial charge in [0.05, 0.1) is 18.0 Å². The second kappa shape index (κ2) is 8.64. The normalized spacial score (nSPS) is 10.7. The maximum Gasteiger partial charge on any atom is 0.144 e. The average Bonchev–Trinajstić information content (AvgIpc) is 2.37. The summed E-state index contributed by atoms with van der Waals surface area (Å²) in [5.41, 5.74) is 7.63. The van der Waals surface area contributed by atoms with E-state index in [9.17, 15) is 0 Å². The zero-order chi connectivity index (χ0) is 14.1. The van der Waals surface area contributed by atoms with Crippen molar-refractivity contribution < 1.29 is 9.47 Å². The molecule has 0 heterocycles. The van der Waals surface area contributed by atoms with Crippen LogP contribution >= 0.6 is 0 Å². The van der Waals surface area contributed by atoms with E-state index in [4.69, 9.17) is 15.2 Å². The van der Waals surface area contributed by atoms with E-state index in [1.54, 1.807) is 0 Å². The lowest BCUT2D eigenvalue weighted by Crippen LogP contribution is -2.10. The molecule has 0 aliphatic heterocycles. The fraction of sp³-hybridized carbons (Fsp3) is 0.600. The molecule has 1 aromatic carbocycles. The second-order valence-electron chi connectivity index (χ2n) is 4.90. The summed E-state index contributed by atoms with van der Waals surface area (Å²) in [6.07, 6.45) is 0.963. The van der Waals surface area contributed by atoms with Gasteiger partial charge in [0.15, 0.2) is 0 Å². The fourth-order valence-electron chi connectivity index (χ4n) is 1.70. The number of ether oxygens (including phenoxy) is 2. The van der Waals surface area contributed by atoms with Gasteiger partial charge in [-0.15, -0.1) is 0 Å². The molecule has 0 atom stereocenters. The molecule has 19 heavy (non-hydrogen) atoms. The van der Waals surface area contributed by atoms with Crippen molar-refractivity contribution in [1.82, 2.24) is 0 Å². The Kier molecular flexibility index (Phi) is 7.11. The minimum Gasteiger partial charge on any atom is -0.492 e. The van der Waals surface area contributed by atoms with Gasteiger partial charge in [0.1, 0.15) is 5.75 Å². The molecule has 4 nitrogen and oxygen atoms in total. The first kappa shape index (κ1) is 15.6. The Balaban J connectivity index is 2.31. The van der Waals surface area contributed by atoms with Crippen LogP contribution in [0.5, 0.6) is 5.75 Å². The van der Waals surface area contributed by atoms with Gasteiger partial charge in [0.25, 0.3) is 0 Å². The molecule has 0 fully saturated rings. The number of hydrogen-bond donors (Lipinski definition) is 2. The van der Waals surface area contributed by atoms with E-state index in [-0.39, 0.29) is 0 Å². The summed E-state index contributed by atoms with van der Waals surface area (Å²) in [6.45, 7) is 9.31. The van der Waals surface area contributed by atoms with Gasteiger partial charge in [-0.3, -0.25) is 0 Å². The van der Waals surface area contributed by atoms with Crippen LogP contribution in [-0.2, 0) is 4.74 Å². The van der Waals surface area contributed by atoms with Crippen molar-refractivity contribution in [2.45, 2.75) is 27.2 Å². The van der Waals surface area contributed by atoms with Crippen LogP contribution in [0.25, 0.3) is 0 Å². The van der Waals surface area contributed by atoms with E-state index < -0.39 is 0 Å². The van der Waals surface area contributed by atoms with E-state index in [0.717, 1.165) is 37.6 Å². The first-order valence-electron chi connectivity index (χ1n) is 6.98. The van der Waals surface area contributed by atoms with Gasteiger partial charge < -0.3 is 20.5 Å². The zero-order valence-corrected chi connectivity index (χ0v) is 12.2. The highest BCUT2D eigenvalue weighted by Gasteiger charge is 2.04. The molecule has 1 aromatic rings. The Bertz CT molecular complexity index is 367. The molecule has 3 N–H and O–H groups in total. The van der Waals surface area contributed by atoms with Gasteiger partial charge in [0, 0.05) is 19.8 Å². The molecule has 0 bridgehead atoms. The molecule has 0 radical (unpaired) electrons. The molecular formula is C15H26N2O2. The third-order valence-corrected chi connectivity index (χ3v) is 2.60. The maximum atomic E-state index is 6.03. The molecular weight excluding hydrogens is 240 g/mol. The standard InChI is InChI=1S/C15H26N2O2/c1-4-19-14-8-5-7-13(15(14)16)17-9-6-10-18-11-12(2)3/h5,7-8,12,17H,4,6,9-11,16H2,1-3H3. The van der Waals surface area contributed by atoms with Crippen molar-refractivity contribution >= 4 is 11.4 Å². The smallest absolute Gasteiger partial charge is 0.144 e. The topological polar surface area (TPSA) is 56.5 Å². The highest BCUT2D eigenvalue weighted by molar-refractivity contribution is 5.72. The van der Waals surface area contributed by atoms with Crippen molar-refractivity contribution in [2.75, 3.05) is 37.4 Å². The Morgan fingerprint density at radius 2 is 2.11 bits per heavy atom. The Morgan fingerprint density at radius 3 is 2.79 bits per heavy atom. The molecule has 0 aliphatic carbocycles. The van der Waals surface area contributed by atoms with Gasteiger partial charge >= 0.3 is 0 Å². The molecule has 0 unspecified atom stereocenters. The van der Waals surface area contributed by atoms with Crippen LogP contribution < -0.4 is 15.8 Å². The van der Waals surface area contributed by atoms with Gasteiger partial charge in [0.2, 0.25) is 0 Å². The SMILES string of the molecule is CCOc1cccc(NCCCOCC(C)C)c1N. The van der Waals surface area contributed by atoms with Crippen LogP contribution in [0.2, 0.25) is 0 Å². The minimum absolute atomic E-state index is 0.589. The van der Waals surface area contributed by atoms with Crippen molar-refractivity contribution in [2.24, 2.45) is 5.92 Å². The molecule has 108 valence electrons. The van der Waals surface area contributed by atoms with Crippen LogP contribution in [0.3, 0.4) is 0 Å². The molecule has 0 saturated carbocycles. The minimum atomic E-state index is 0.589. The van der Waals surface area contributed by atoms with Crippen LogP contribution in [-0.4, -0.2) is 26.4 Å². The van der Waals surface area contributed by atoms with Crippen LogP contribution in [0, 0.1) is 5.92 Å². The third kappa shape index (κ3) is 5.83. The molecule has 4 heteroatoms. The van der Waals surface area contributed by atoms with Crippen LogP contribution in [0.1, 0.15) is 27.2 Å². The molecule has 0 aliphatic rings. The number of para-hydroxylation sites is 1. The molecule has 0 aromatic heterocycles. The van der Waals surface area contributed by atoms with Gasteiger partial charge in [-0.1, -0.05) is 19.9 Å². The number of benzene rings is 1. The van der Waals surface area contributed by atoms with E-state index in [0.29, 0.717) is 18.2 Å². The summed E-state index contributed by atoms with van der Waals surface area (Å²) in [4.78, 5) is 0. The Hall–Kier alpha value is -1.42. The van der Waals surface area contributed by atoms with Crippen molar-refractivity contribution in [3.63, 3.8) is 0 Å². The largest absolute Gasteiger partial charge is 0.492 e. The summed E-state index contributed by atoms with van der Waals surface area (Å²) in [5.74, 6) is 1.33. The summed E-state index contributed by atoms with van der Waals surface area (Å²) in [6, 6.07) is 5.79. The van der Waals surface area contributed by atoms with E-state index in [1.807, 2.05) is 25.1 Å². The predicted octanol–water partition coefficient (Wildman–Crippen LogP) is 3.14. The summed E-state index contributed by atoms with van der Waals surface area (Å²) in [7, 11) is 0. The van der Waals surface area contributed by atoms with Crippen LogP contribution in [0.15, 0.2) is 18.2 Å². The summed E-state index contributed by atoms with van der Waals surface area (Å²) < 4.78 is 11.0. The molecule has 0 spiro atoms. The fourth-order valence-corrected chi connectivity index (χ4v) is 1.70. The molecule has 1 rings (SSSR count). The summed E-state index contributed by atoms with van der Waals surface area (Å²) in [5, 5.41) is 3.31. The predicted molar refractivity (Wildman–Crippen MR) is 80.8 cm³/mol. The number of nitrogen functional groups attached to an aromatic ring is 1. The van der Waals surface area contributed by atoms with Gasteiger partial charge in [-0.2, -0.15) is 0 Å². The molecule has 0 amide bonds. The first-order valence-corrected chi connectivity index (χ1v) is 6.98. The zero-order valence-electron chi connectivity index (χ0n) is 12.2. The lowest BCUT2D eigenvalue weighted by molar-refractivity contribution is 0.110.